The lowest BCUT2D eigenvalue weighted by Gasteiger charge is -2.37. The van der Waals surface area contributed by atoms with E-state index in [4.69, 9.17) is 4.74 Å². The summed E-state index contributed by atoms with van der Waals surface area (Å²) in [5.41, 5.74) is 0. The summed E-state index contributed by atoms with van der Waals surface area (Å²) in [6.07, 6.45) is 18.3. The molecule has 1 saturated heterocycles. The van der Waals surface area contributed by atoms with Crippen LogP contribution in [0.2, 0.25) is 0 Å². The summed E-state index contributed by atoms with van der Waals surface area (Å²) in [6.45, 7) is 4.78. The van der Waals surface area contributed by atoms with Crippen molar-refractivity contribution in [2.24, 2.45) is 0 Å². The van der Waals surface area contributed by atoms with E-state index >= 15 is 0 Å². The largest absolute Gasteiger partial charge is 0.748 e. The van der Waals surface area contributed by atoms with Gasteiger partial charge in [-0.1, -0.05) is 84.0 Å². The van der Waals surface area contributed by atoms with E-state index < -0.39 is 15.4 Å². The van der Waals surface area contributed by atoms with Crippen molar-refractivity contribution in [3.05, 3.63) is 0 Å². The molecule has 0 spiro atoms. The number of hydrogen-bond donors (Lipinski definition) is 0. The maximum Gasteiger partial charge on any atom is 0.113 e. The van der Waals surface area contributed by atoms with Crippen LogP contribution in [-0.2, 0) is 14.9 Å². The number of likely N-dealkylation sites (N-methyl/N-ethyl adjacent to an activating group) is 1. The van der Waals surface area contributed by atoms with E-state index in [9.17, 15) is 13.0 Å². The summed E-state index contributed by atoms with van der Waals surface area (Å²) in [6, 6.07) is 0.427. The molecule has 0 aromatic carbocycles. The molecule has 30 heavy (non-hydrogen) atoms. The molecule has 0 aromatic rings. The molecule has 1 fully saturated rings. The van der Waals surface area contributed by atoms with E-state index in [1.807, 2.05) is 0 Å². The van der Waals surface area contributed by atoms with Gasteiger partial charge in [-0.3, -0.25) is 0 Å². The number of rotatable bonds is 19. The van der Waals surface area contributed by atoms with Crippen LogP contribution in [0.3, 0.4) is 0 Å². The molecule has 180 valence electrons. The Labute approximate surface area is 187 Å². The first kappa shape index (κ1) is 27.9. The number of hydrogen-bond acceptors (Lipinski definition) is 4. The third-order valence-electron chi connectivity index (χ3n) is 7.20. The molecule has 1 rings (SSSR count). The van der Waals surface area contributed by atoms with Gasteiger partial charge in [-0.15, -0.1) is 0 Å². The zero-order valence-electron chi connectivity index (χ0n) is 20.1. The molecule has 0 bridgehead atoms. The average molecular weight is 448 g/mol. The van der Waals surface area contributed by atoms with Crippen LogP contribution in [0.5, 0.6) is 0 Å². The van der Waals surface area contributed by atoms with Crippen LogP contribution in [-0.4, -0.2) is 62.6 Å². The minimum atomic E-state index is -4.22. The highest BCUT2D eigenvalue weighted by atomic mass is 32.2. The maximum atomic E-state index is 11.8. The summed E-state index contributed by atoms with van der Waals surface area (Å²) >= 11 is 0. The average Bonchev–Trinajstić information content (AvgIpc) is 3.05. The smallest absolute Gasteiger partial charge is 0.113 e. The molecule has 0 aromatic heterocycles. The van der Waals surface area contributed by atoms with Crippen LogP contribution >= 0.6 is 0 Å². The fraction of sp³-hybridized carbons (Fsp3) is 1.00. The Morgan fingerprint density at radius 2 is 1.47 bits per heavy atom. The second kappa shape index (κ2) is 15.6. The van der Waals surface area contributed by atoms with Gasteiger partial charge in [0.15, 0.2) is 0 Å². The number of quaternary nitrogens is 1. The van der Waals surface area contributed by atoms with Crippen LogP contribution < -0.4 is 0 Å². The van der Waals surface area contributed by atoms with Crippen LogP contribution in [0.15, 0.2) is 0 Å². The van der Waals surface area contributed by atoms with Crippen molar-refractivity contribution in [3.63, 3.8) is 0 Å². The second-order valence-corrected chi connectivity index (χ2v) is 11.4. The van der Waals surface area contributed by atoms with Crippen molar-refractivity contribution >= 4 is 10.1 Å². The number of nitrogens with zero attached hydrogens (tertiary/aromatic N) is 1. The molecule has 1 aliphatic heterocycles. The first-order valence-electron chi connectivity index (χ1n) is 12.6. The lowest BCUT2D eigenvalue weighted by Crippen LogP contribution is -2.51. The highest BCUT2D eigenvalue weighted by molar-refractivity contribution is 7.86. The van der Waals surface area contributed by atoms with Crippen molar-refractivity contribution in [3.8, 4) is 0 Å². The molecule has 2 unspecified atom stereocenters. The monoisotopic (exact) mass is 447 g/mol. The molecule has 5 nitrogen and oxygen atoms in total. The van der Waals surface area contributed by atoms with Gasteiger partial charge in [0.1, 0.15) is 6.04 Å². The molecule has 0 N–H and O–H groups in total. The molecular weight excluding hydrogens is 398 g/mol. The predicted octanol–water partition coefficient (Wildman–Crippen LogP) is 5.64. The van der Waals surface area contributed by atoms with Gasteiger partial charge in [0.05, 0.1) is 42.1 Å². The first-order chi connectivity index (χ1) is 14.3. The lowest BCUT2D eigenvalue weighted by molar-refractivity contribution is -0.921. The van der Waals surface area contributed by atoms with Crippen molar-refractivity contribution < 1.29 is 22.2 Å². The molecule has 1 aliphatic rings. The zero-order chi connectivity index (χ0) is 22.3. The second-order valence-electron chi connectivity index (χ2n) is 9.76. The summed E-state index contributed by atoms with van der Waals surface area (Å²) in [4.78, 5) is 0. The Balaban J connectivity index is 2.19. The standard InChI is InChI=1S/C24H49NO4S/c1-4-5-6-7-8-9-10-11-12-13-14-15-18-24(30(26,27)28)19-21-25(2)20-16-17-23(25)22-29-3/h23-24H,4-22H2,1-3H3/t23-,24?,25?/m0/s1. The topological polar surface area (TPSA) is 66.4 Å². The number of ether oxygens (including phenoxy) is 1. The van der Waals surface area contributed by atoms with Crippen LogP contribution in [0.4, 0.5) is 0 Å². The van der Waals surface area contributed by atoms with E-state index in [1.54, 1.807) is 7.11 Å². The summed E-state index contributed by atoms with van der Waals surface area (Å²) < 4.78 is 41.6. The number of methoxy groups -OCH3 is 1. The van der Waals surface area contributed by atoms with Gasteiger partial charge in [0.25, 0.3) is 0 Å². The Morgan fingerprint density at radius 3 is 1.97 bits per heavy atom. The minimum Gasteiger partial charge on any atom is -0.748 e. The highest BCUT2D eigenvalue weighted by Crippen LogP contribution is 2.27. The first-order valence-corrected chi connectivity index (χ1v) is 14.1. The van der Waals surface area contributed by atoms with Crippen LogP contribution in [0.1, 0.15) is 110 Å². The Bertz CT molecular complexity index is 525. The van der Waals surface area contributed by atoms with E-state index in [1.165, 1.54) is 57.8 Å². The molecule has 6 heteroatoms. The SMILES string of the molecule is CCCCCCCCCCCCCCC(CC[N+]1(C)CCC[C@H]1COC)S(=O)(=O)[O-]. The van der Waals surface area contributed by atoms with Gasteiger partial charge in [-0.05, 0) is 6.42 Å². The number of likely N-dealkylation sites (tertiary alicyclic amines) is 1. The van der Waals surface area contributed by atoms with E-state index in [0.717, 1.165) is 49.7 Å². The summed E-state index contributed by atoms with van der Waals surface area (Å²) in [5.74, 6) is 0. The predicted molar refractivity (Wildman–Crippen MR) is 125 cm³/mol. The molecule has 1 heterocycles. The molecule has 0 amide bonds. The van der Waals surface area contributed by atoms with Crippen LogP contribution in [0.25, 0.3) is 0 Å². The van der Waals surface area contributed by atoms with Crippen molar-refractivity contribution in [1.82, 2.24) is 0 Å². The maximum absolute atomic E-state index is 11.8. The third-order valence-corrected chi connectivity index (χ3v) is 8.48. The quantitative estimate of drug-likeness (QED) is 0.146. The Hall–Kier alpha value is -0.170. The molecule has 0 saturated carbocycles. The molecule has 3 atom stereocenters. The van der Waals surface area contributed by atoms with Gasteiger partial charge in [-0.25, -0.2) is 8.42 Å². The van der Waals surface area contributed by atoms with Gasteiger partial charge in [-0.2, -0.15) is 0 Å². The normalized spacial score (nSPS) is 23.1. The van der Waals surface area contributed by atoms with Gasteiger partial charge >= 0.3 is 0 Å². The zero-order valence-corrected chi connectivity index (χ0v) is 20.9. The van der Waals surface area contributed by atoms with Crippen molar-refractivity contribution in [1.29, 1.82) is 0 Å². The number of unbranched alkanes of at least 4 members (excludes halogenated alkanes) is 11. The lowest BCUT2D eigenvalue weighted by atomic mass is 10.0. The Kier molecular flexibility index (Phi) is 14.5. The fourth-order valence-electron chi connectivity index (χ4n) is 5.02. The van der Waals surface area contributed by atoms with Gasteiger partial charge in [0.2, 0.25) is 0 Å². The van der Waals surface area contributed by atoms with Crippen molar-refractivity contribution in [2.75, 3.05) is 33.9 Å². The van der Waals surface area contributed by atoms with Gasteiger partial charge in [0, 0.05) is 26.4 Å². The summed E-state index contributed by atoms with van der Waals surface area (Å²) in [5, 5.41) is -0.723. The molecular formula is C24H49NO4S. The molecule has 0 radical (unpaired) electrons. The van der Waals surface area contributed by atoms with E-state index in [2.05, 4.69) is 14.0 Å². The highest BCUT2D eigenvalue weighted by Gasteiger charge is 2.38. The third kappa shape index (κ3) is 11.4. The van der Waals surface area contributed by atoms with Crippen LogP contribution in [0, 0.1) is 0 Å². The fourth-order valence-corrected chi connectivity index (χ4v) is 5.87. The van der Waals surface area contributed by atoms with Gasteiger partial charge < -0.3 is 13.8 Å². The van der Waals surface area contributed by atoms with Crippen molar-refractivity contribution in [2.45, 2.75) is 121 Å². The summed E-state index contributed by atoms with van der Waals surface area (Å²) in [7, 11) is -0.306. The minimum absolute atomic E-state index is 0.427. The van der Waals surface area contributed by atoms with E-state index in [0.29, 0.717) is 25.5 Å². The van der Waals surface area contributed by atoms with E-state index in [-0.39, 0.29) is 0 Å². The molecule has 0 aliphatic carbocycles. The Morgan fingerprint density at radius 1 is 0.933 bits per heavy atom.